The summed E-state index contributed by atoms with van der Waals surface area (Å²) < 4.78 is 1.24. The highest BCUT2D eigenvalue weighted by atomic mass is 32.2. The molecular formula is C16H15NOS2. The number of hydrogen-bond donors (Lipinski definition) is 1. The lowest BCUT2D eigenvalue weighted by molar-refractivity contribution is 0.199. The van der Waals surface area contributed by atoms with Crippen molar-refractivity contribution in [3.05, 3.63) is 59.1 Å². The maximum absolute atomic E-state index is 9.49. The highest BCUT2D eigenvalue weighted by Crippen LogP contribution is 2.29. The van der Waals surface area contributed by atoms with Crippen molar-refractivity contribution in [2.24, 2.45) is 0 Å². The van der Waals surface area contributed by atoms with Crippen LogP contribution in [0.25, 0.3) is 10.2 Å². The van der Waals surface area contributed by atoms with Crippen molar-refractivity contribution in [1.29, 1.82) is 0 Å². The Labute approximate surface area is 126 Å². The molecule has 1 heterocycles. The van der Waals surface area contributed by atoms with Crippen LogP contribution >= 0.6 is 23.1 Å². The first-order valence-electron chi connectivity index (χ1n) is 6.47. The highest BCUT2D eigenvalue weighted by Gasteiger charge is 2.05. The lowest BCUT2D eigenvalue weighted by Gasteiger charge is -2.05. The van der Waals surface area contributed by atoms with Crippen molar-refractivity contribution in [3.63, 3.8) is 0 Å². The standard InChI is InChI=1S/C16H15NOS2/c1-11(18)12-6-8-13(9-7-12)19-10-16-17-14-4-2-3-5-15(14)20-16/h2-9,11,18H,10H2,1H3. The molecule has 1 N–H and O–H groups in total. The van der Waals surface area contributed by atoms with E-state index in [1.807, 2.05) is 24.3 Å². The molecule has 3 rings (SSSR count). The second-order valence-electron chi connectivity index (χ2n) is 4.61. The monoisotopic (exact) mass is 301 g/mol. The van der Waals surface area contributed by atoms with E-state index in [0.717, 1.165) is 21.8 Å². The molecule has 3 aromatic rings. The number of thiazole rings is 1. The third-order valence-electron chi connectivity index (χ3n) is 3.06. The number of para-hydroxylation sites is 1. The average molecular weight is 301 g/mol. The zero-order valence-corrected chi connectivity index (χ0v) is 12.7. The summed E-state index contributed by atoms with van der Waals surface area (Å²) in [7, 11) is 0. The van der Waals surface area contributed by atoms with E-state index in [2.05, 4.69) is 29.2 Å². The Hall–Kier alpha value is -1.36. The molecule has 0 saturated carbocycles. The van der Waals surface area contributed by atoms with E-state index < -0.39 is 6.10 Å². The van der Waals surface area contributed by atoms with E-state index in [-0.39, 0.29) is 0 Å². The predicted octanol–water partition coefficient (Wildman–Crippen LogP) is 4.64. The molecule has 102 valence electrons. The van der Waals surface area contributed by atoms with Gasteiger partial charge in [-0.05, 0) is 36.8 Å². The van der Waals surface area contributed by atoms with Crippen LogP contribution in [-0.4, -0.2) is 10.1 Å². The van der Waals surface area contributed by atoms with Gasteiger partial charge in [-0.25, -0.2) is 4.98 Å². The van der Waals surface area contributed by atoms with Crippen LogP contribution in [0.15, 0.2) is 53.4 Å². The third kappa shape index (κ3) is 3.03. The number of aliphatic hydroxyl groups excluding tert-OH is 1. The van der Waals surface area contributed by atoms with Gasteiger partial charge in [0.2, 0.25) is 0 Å². The fourth-order valence-electron chi connectivity index (χ4n) is 1.97. The Morgan fingerprint density at radius 2 is 1.90 bits per heavy atom. The van der Waals surface area contributed by atoms with Crippen LogP contribution in [0.3, 0.4) is 0 Å². The van der Waals surface area contributed by atoms with Crippen molar-refractivity contribution in [2.45, 2.75) is 23.7 Å². The van der Waals surface area contributed by atoms with Crippen LogP contribution in [0.4, 0.5) is 0 Å². The van der Waals surface area contributed by atoms with Gasteiger partial charge in [0.25, 0.3) is 0 Å². The van der Waals surface area contributed by atoms with Crippen LogP contribution in [0.5, 0.6) is 0 Å². The van der Waals surface area contributed by atoms with E-state index in [4.69, 9.17) is 0 Å². The zero-order valence-electron chi connectivity index (χ0n) is 11.1. The molecule has 0 saturated heterocycles. The Balaban J connectivity index is 1.69. The summed E-state index contributed by atoms with van der Waals surface area (Å²) in [6, 6.07) is 16.3. The topological polar surface area (TPSA) is 33.1 Å². The van der Waals surface area contributed by atoms with E-state index >= 15 is 0 Å². The molecule has 0 fully saturated rings. The number of nitrogens with zero attached hydrogens (tertiary/aromatic N) is 1. The molecule has 2 nitrogen and oxygen atoms in total. The highest BCUT2D eigenvalue weighted by molar-refractivity contribution is 7.98. The van der Waals surface area contributed by atoms with Gasteiger partial charge in [-0.3, -0.25) is 0 Å². The zero-order chi connectivity index (χ0) is 13.9. The van der Waals surface area contributed by atoms with Crippen LogP contribution < -0.4 is 0 Å². The molecule has 0 aliphatic heterocycles. The smallest absolute Gasteiger partial charge is 0.104 e. The quantitative estimate of drug-likeness (QED) is 0.713. The van der Waals surface area contributed by atoms with Crippen molar-refractivity contribution in [2.75, 3.05) is 0 Å². The Bertz CT molecular complexity index is 671. The number of fused-ring (bicyclic) bond motifs is 1. The summed E-state index contributed by atoms with van der Waals surface area (Å²) >= 11 is 3.53. The van der Waals surface area contributed by atoms with Crippen molar-refractivity contribution >= 4 is 33.3 Å². The first-order chi connectivity index (χ1) is 9.72. The Morgan fingerprint density at radius 1 is 1.15 bits per heavy atom. The van der Waals surface area contributed by atoms with Gasteiger partial charge in [0.15, 0.2) is 0 Å². The summed E-state index contributed by atoms with van der Waals surface area (Å²) in [5, 5.41) is 10.6. The molecule has 1 unspecified atom stereocenters. The molecule has 1 atom stereocenters. The molecule has 0 aliphatic rings. The second kappa shape index (κ2) is 5.95. The lowest BCUT2D eigenvalue weighted by atomic mass is 10.1. The van der Waals surface area contributed by atoms with Gasteiger partial charge in [-0.15, -0.1) is 23.1 Å². The summed E-state index contributed by atoms with van der Waals surface area (Å²) in [6.45, 7) is 1.78. The lowest BCUT2D eigenvalue weighted by Crippen LogP contribution is -1.89. The van der Waals surface area contributed by atoms with Crippen molar-refractivity contribution < 1.29 is 5.11 Å². The van der Waals surface area contributed by atoms with Crippen molar-refractivity contribution in [1.82, 2.24) is 4.98 Å². The fourth-order valence-corrected chi connectivity index (χ4v) is 3.83. The van der Waals surface area contributed by atoms with E-state index in [1.165, 1.54) is 9.60 Å². The molecule has 0 bridgehead atoms. The van der Waals surface area contributed by atoms with Gasteiger partial charge < -0.3 is 5.11 Å². The summed E-state index contributed by atoms with van der Waals surface area (Å²) in [5.41, 5.74) is 2.03. The largest absolute Gasteiger partial charge is 0.389 e. The fraction of sp³-hybridized carbons (Fsp3) is 0.188. The van der Waals surface area contributed by atoms with Gasteiger partial charge in [0.1, 0.15) is 5.01 Å². The number of aliphatic hydroxyl groups is 1. The SMILES string of the molecule is CC(O)c1ccc(SCc2nc3ccccc3s2)cc1. The summed E-state index contributed by atoms with van der Waals surface area (Å²) in [5.74, 6) is 0.882. The van der Waals surface area contributed by atoms with Gasteiger partial charge in [-0.1, -0.05) is 24.3 Å². The van der Waals surface area contributed by atoms with Crippen LogP contribution in [0.1, 0.15) is 23.6 Å². The predicted molar refractivity (Wildman–Crippen MR) is 86.3 cm³/mol. The first kappa shape index (κ1) is 13.6. The number of aromatic nitrogens is 1. The number of benzene rings is 2. The van der Waals surface area contributed by atoms with Gasteiger partial charge >= 0.3 is 0 Å². The molecular weight excluding hydrogens is 286 g/mol. The molecule has 0 aliphatic carbocycles. The number of hydrogen-bond acceptors (Lipinski definition) is 4. The molecule has 2 aromatic carbocycles. The maximum atomic E-state index is 9.49. The number of thioether (sulfide) groups is 1. The minimum Gasteiger partial charge on any atom is -0.389 e. The van der Waals surface area contributed by atoms with Gasteiger partial charge in [0.05, 0.1) is 22.1 Å². The van der Waals surface area contributed by atoms with Gasteiger partial charge in [0, 0.05) is 4.90 Å². The summed E-state index contributed by atoms with van der Waals surface area (Å²) in [6.07, 6.45) is -0.404. The van der Waals surface area contributed by atoms with Gasteiger partial charge in [-0.2, -0.15) is 0 Å². The van der Waals surface area contributed by atoms with E-state index in [0.29, 0.717) is 0 Å². The van der Waals surface area contributed by atoms with Crippen LogP contribution in [0.2, 0.25) is 0 Å². The normalized spacial score (nSPS) is 12.7. The molecule has 20 heavy (non-hydrogen) atoms. The average Bonchev–Trinajstić information content (AvgIpc) is 2.88. The number of rotatable bonds is 4. The first-order valence-corrected chi connectivity index (χ1v) is 8.28. The minimum absolute atomic E-state index is 0.404. The van der Waals surface area contributed by atoms with Crippen LogP contribution in [-0.2, 0) is 5.75 Å². The van der Waals surface area contributed by atoms with Crippen molar-refractivity contribution in [3.8, 4) is 0 Å². The maximum Gasteiger partial charge on any atom is 0.104 e. The van der Waals surface area contributed by atoms with E-state index in [9.17, 15) is 5.11 Å². The molecule has 0 radical (unpaired) electrons. The molecule has 0 spiro atoms. The second-order valence-corrected chi connectivity index (χ2v) is 6.77. The van der Waals surface area contributed by atoms with E-state index in [1.54, 1.807) is 30.0 Å². The molecule has 4 heteroatoms. The van der Waals surface area contributed by atoms with Crippen LogP contribution in [0, 0.1) is 0 Å². The Kier molecular flexibility index (Phi) is 4.05. The molecule has 1 aromatic heterocycles. The third-order valence-corrected chi connectivity index (χ3v) is 5.31. The minimum atomic E-state index is -0.404. The Morgan fingerprint density at radius 3 is 2.60 bits per heavy atom. The molecule has 0 amide bonds. The summed E-state index contributed by atoms with van der Waals surface area (Å²) in [4.78, 5) is 5.83.